The summed E-state index contributed by atoms with van der Waals surface area (Å²) in [5.74, 6) is -15.9. The first-order valence-electron chi connectivity index (χ1n) is 14.1. The van der Waals surface area contributed by atoms with Crippen molar-refractivity contribution in [3.63, 3.8) is 0 Å². The van der Waals surface area contributed by atoms with Gasteiger partial charge in [-0.3, -0.25) is 0 Å². The first kappa shape index (κ1) is 29.7. The number of hydrogen-bond acceptors (Lipinski definition) is 2. The van der Waals surface area contributed by atoms with Crippen LogP contribution in [0.2, 0.25) is 0 Å². The number of aromatic nitrogens is 2. The van der Waals surface area contributed by atoms with E-state index in [2.05, 4.69) is 0 Å². The summed E-state index contributed by atoms with van der Waals surface area (Å²) in [6, 6.07) is 21.4. The van der Waals surface area contributed by atoms with Gasteiger partial charge >= 0.3 is 17.8 Å². The van der Waals surface area contributed by atoms with Crippen LogP contribution in [-0.2, 0) is 14.1 Å². The summed E-state index contributed by atoms with van der Waals surface area (Å²) in [6.07, 6.45) is 3.74. The molecule has 0 N–H and O–H groups in total. The zero-order chi connectivity index (χ0) is 32.1. The number of fused-ring (bicyclic) bond motifs is 2. The highest BCUT2D eigenvalue weighted by Crippen LogP contribution is 2.66. The number of rotatable bonds is 4. The van der Waals surface area contributed by atoms with Crippen molar-refractivity contribution >= 4 is 55.6 Å². The summed E-state index contributed by atoms with van der Waals surface area (Å²) in [4.78, 5) is 1.53. The zero-order valence-corrected chi connectivity index (χ0v) is 26.2. The number of alkyl halides is 6. The maximum Gasteiger partial charge on any atom is 0.380 e. The standard InChI is InChI=1S/C35H26F6N2S2/c1-19-25(17-29(44-19)23-11-9-21-7-5-13-42(3)27(21)15-23)31-32(34(38,39)35(40,41)33(31,36)37)26-18-30(45-20(26)2)24-12-10-22-8-6-14-43(4)28(22)16-24/h5-18H,1-4H3/q+2. The van der Waals surface area contributed by atoms with Gasteiger partial charge < -0.3 is 0 Å². The van der Waals surface area contributed by atoms with Crippen LogP contribution in [0.4, 0.5) is 26.3 Å². The molecule has 0 bridgehead atoms. The van der Waals surface area contributed by atoms with Crippen molar-refractivity contribution < 1.29 is 35.5 Å². The molecule has 0 aliphatic heterocycles. The van der Waals surface area contributed by atoms with E-state index in [1.54, 1.807) is 0 Å². The largest absolute Gasteiger partial charge is 0.380 e. The summed E-state index contributed by atoms with van der Waals surface area (Å²) in [6.45, 7) is 3.00. The molecule has 2 aromatic carbocycles. The summed E-state index contributed by atoms with van der Waals surface area (Å²) in [5.41, 5.74) is -0.148. The quantitative estimate of drug-likeness (QED) is 0.132. The molecule has 0 saturated heterocycles. The number of nitrogens with zero attached hydrogens (tertiary/aromatic N) is 2. The monoisotopic (exact) mass is 652 g/mol. The Morgan fingerprint density at radius 3 is 1.36 bits per heavy atom. The Morgan fingerprint density at radius 1 is 0.556 bits per heavy atom. The van der Waals surface area contributed by atoms with E-state index in [4.69, 9.17) is 0 Å². The molecule has 2 nitrogen and oxygen atoms in total. The number of hydrogen-bond donors (Lipinski definition) is 0. The van der Waals surface area contributed by atoms with Gasteiger partial charge in [0.2, 0.25) is 11.0 Å². The fraction of sp³-hybridized carbons (Fsp3) is 0.200. The molecule has 6 aromatic rings. The van der Waals surface area contributed by atoms with Gasteiger partial charge in [-0.15, -0.1) is 22.7 Å². The van der Waals surface area contributed by atoms with E-state index in [0.29, 0.717) is 20.9 Å². The average Bonchev–Trinajstić information content (AvgIpc) is 3.59. The third kappa shape index (κ3) is 4.29. The van der Waals surface area contributed by atoms with Gasteiger partial charge in [-0.25, -0.2) is 9.13 Å². The molecule has 7 rings (SSSR count). The second-order valence-corrected chi connectivity index (χ2v) is 13.9. The molecule has 0 saturated carbocycles. The number of benzene rings is 2. The van der Waals surface area contributed by atoms with Crippen molar-refractivity contribution in [1.29, 1.82) is 0 Å². The van der Waals surface area contributed by atoms with Crippen LogP contribution in [0.3, 0.4) is 0 Å². The Hall–Kier alpha value is -4.02. The van der Waals surface area contributed by atoms with Crippen molar-refractivity contribution in [3.8, 4) is 20.9 Å². The third-order valence-electron chi connectivity index (χ3n) is 8.60. The highest BCUT2D eigenvalue weighted by Gasteiger charge is 2.80. The fourth-order valence-corrected chi connectivity index (χ4v) is 8.22. The van der Waals surface area contributed by atoms with E-state index in [1.165, 1.54) is 26.0 Å². The molecule has 0 unspecified atom stereocenters. The van der Waals surface area contributed by atoms with Gasteiger partial charge in [0.05, 0.1) is 0 Å². The maximum atomic E-state index is 15.8. The molecule has 228 valence electrons. The number of aryl methyl sites for hydroxylation is 4. The lowest BCUT2D eigenvalue weighted by atomic mass is 9.94. The molecule has 10 heteroatoms. The molecule has 4 heterocycles. The van der Waals surface area contributed by atoms with Crippen LogP contribution in [0.1, 0.15) is 20.9 Å². The Labute approximate surface area is 263 Å². The van der Waals surface area contributed by atoms with Gasteiger partial charge in [0.25, 0.3) is 0 Å². The van der Waals surface area contributed by atoms with Crippen molar-refractivity contribution in [3.05, 3.63) is 106 Å². The second kappa shape index (κ2) is 9.99. The molecular formula is C35H26F6N2S2+2. The lowest BCUT2D eigenvalue weighted by Gasteiger charge is -2.25. The summed E-state index contributed by atoms with van der Waals surface area (Å²) >= 11 is 2.22. The molecule has 0 amide bonds. The highest BCUT2D eigenvalue weighted by atomic mass is 32.1. The Morgan fingerprint density at radius 2 is 0.956 bits per heavy atom. The molecule has 0 spiro atoms. The lowest BCUT2D eigenvalue weighted by Crippen LogP contribution is -2.48. The first-order valence-corrected chi connectivity index (χ1v) is 15.7. The van der Waals surface area contributed by atoms with Gasteiger partial charge in [-0.05, 0) is 72.5 Å². The summed E-state index contributed by atoms with van der Waals surface area (Å²) in [7, 11) is 3.74. The van der Waals surface area contributed by atoms with Gasteiger partial charge in [0.15, 0.2) is 12.4 Å². The van der Waals surface area contributed by atoms with E-state index < -0.39 is 28.9 Å². The van der Waals surface area contributed by atoms with E-state index in [0.717, 1.165) is 44.5 Å². The topological polar surface area (TPSA) is 7.76 Å². The van der Waals surface area contributed by atoms with Crippen LogP contribution in [0.25, 0.3) is 53.8 Å². The SMILES string of the molecule is Cc1sc(-c2ccc3ccc[n+](C)c3c2)cc1C1=C(c2cc(-c3ccc4ccc[n+](C)c4c3)sc2C)C(F)(F)C(F)(F)C1(F)F. The molecule has 1 aliphatic carbocycles. The van der Waals surface area contributed by atoms with E-state index in [9.17, 15) is 0 Å². The predicted octanol–water partition coefficient (Wildman–Crippen LogP) is 9.55. The van der Waals surface area contributed by atoms with Crippen molar-refractivity contribution in [1.82, 2.24) is 0 Å². The number of halogens is 6. The fourth-order valence-electron chi connectivity index (χ4n) is 6.18. The van der Waals surface area contributed by atoms with E-state index in [-0.39, 0.29) is 20.9 Å². The van der Waals surface area contributed by atoms with Crippen molar-refractivity contribution in [2.45, 2.75) is 31.6 Å². The van der Waals surface area contributed by atoms with Gasteiger partial charge in [-0.1, -0.05) is 12.1 Å². The van der Waals surface area contributed by atoms with E-state index >= 15 is 26.3 Å². The minimum Gasteiger partial charge on any atom is -0.201 e. The van der Waals surface area contributed by atoms with Crippen LogP contribution in [-0.4, -0.2) is 17.8 Å². The third-order valence-corrected chi connectivity index (χ3v) is 10.8. The van der Waals surface area contributed by atoms with Crippen LogP contribution in [0, 0.1) is 13.8 Å². The minimum atomic E-state index is -5.62. The highest BCUT2D eigenvalue weighted by molar-refractivity contribution is 7.16. The van der Waals surface area contributed by atoms with E-state index in [1.807, 2.05) is 96.3 Å². The normalized spacial score (nSPS) is 17.1. The molecular weight excluding hydrogens is 627 g/mol. The molecule has 0 atom stereocenters. The zero-order valence-electron chi connectivity index (χ0n) is 24.6. The maximum absolute atomic E-state index is 15.8. The molecule has 1 aliphatic rings. The molecule has 45 heavy (non-hydrogen) atoms. The van der Waals surface area contributed by atoms with Crippen LogP contribution < -0.4 is 9.13 Å². The number of pyridine rings is 2. The molecule has 0 fully saturated rings. The smallest absolute Gasteiger partial charge is 0.201 e. The van der Waals surface area contributed by atoms with Crippen LogP contribution in [0.15, 0.2) is 85.2 Å². The first-order chi connectivity index (χ1) is 21.2. The Balaban J connectivity index is 1.43. The molecule has 4 aromatic heterocycles. The Kier molecular flexibility index (Phi) is 6.59. The van der Waals surface area contributed by atoms with Crippen molar-refractivity contribution in [2.75, 3.05) is 0 Å². The minimum absolute atomic E-state index is 0.248. The van der Waals surface area contributed by atoms with Gasteiger partial charge in [0, 0.05) is 65.7 Å². The second-order valence-electron chi connectivity index (χ2n) is 11.4. The lowest BCUT2D eigenvalue weighted by molar-refractivity contribution is -0.645. The van der Waals surface area contributed by atoms with Crippen LogP contribution >= 0.6 is 22.7 Å². The van der Waals surface area contributed by atoms with Gasteiger partial charge in [-0.2, -0.15) is 26.3 Å². The average molecular weight is 653 g/mol. The molecule has 0 radical (unpaired) electrons. The number of allylic oxidation sites excluding steroid dienone is 2. The summed E-state index contributed by atoms with van der Waals surface area (Å²) in [5, 5.41) is 1.90. The number of thiophene rings is 2. The predicted molar refractivity (Wildman–Crippen MR) is 168 cm³/mol. The summed E-state index contributed by atoms with van der Waals surface area (Å²) < 4.78 is 97.2. The van der Waals surface area contributed by atoms with Gasteiger partial charge in [0.1, 0.15) is 14.1 Å². The van der Waals surface area contributed by atoms with Crippen molar-refractivity contribution in [2.24, 2.45) is 14.1 Å². The Bertz CT molecular complexity index is 2060. The van der Waals surface area contributed by atoms with Crippen LogP contribution in [0.5, 0.6) is 0 Å².